The Morgan fingerprint density at radius 1 is 1.10 bits per heavy atom. The number of carbonyl (C=O) groups is 1. The molecule has 0 unspecified atom stereocenters. The maximum atomic E-state index is 12.9. The molecule has 0 bridgehead atoms. The summed E-state index contributed by atoms with van der Waals surface area (Å²) in [6.07, 6.45) is 6.49. The second kappa shape index (κ2) is 11.0. The van der Waals surface area contributed by atoms with Crippen molar-refractivity contribution in [1.82, 2.24) is 15.2 Å². The lowest BCUT2D eigenvalue weighted by molar-refractivity contribution is 0.0977. The lowest BCUT2D eigenvalue weighted by Crippen LogP contribution is -2.45. The van der Waals surface area contributed by atoms with Crippen LogP contribution in [0.15, 0.2) is 42.6 Å². The van der Waals surface area contributed by atoms with E-state index in [2.05, 4.69) is 51.5 Å². The van der Waals surface area contributed by atoms with E-state index in [4.69, 9.17) is 12.2 Å². The highest BCUT2D eigenvalue weighted by Crippen LogP contribution is 2.19. The van der Waals surface area contributed by atoms with Crippen LogP contribution in [0.25, 0.3) is 0 Å². The van der Waals surface area contributed by atoms with Crippen molar-refractivity contribution < 1.29 is 4.79 Å². The topological polar surface area (TPSA) is 60.5 Å². The summed E-state index contributed by atoms with van der Waals surface area (Å²) in [6.45, 7) is 5.81. The first kappa shape index (κ1) is 22.2. The fraction of sp³-hybridized carbons (Fsp3) is 0.435. The van der Waals surface area contributed by atoms with Crippen molar-refractivity contribution in [1.29, 1.82) is 0 Å². The minimum absolute atomic E-state index is 0.245. The molecule has 30 heavy (non-hydrogen) atoms. The van der Waals surface area contributed by atoms with Crippen molar-refractivity contribution in [3.63, 3.8) is 0 Å². The molecule has 1 fully saturated rings. The molecule has 0 aliphatic carbocycles. The minimum atomic E-state index is -0.245. The Balaban J connectivity index is 1.58. The molecule has 0 spiro atoms. The molecule has 1 aromatic heterocycles. The summed E-state index contributed by atoms with van der Waals surface area (Å²) >= 11 is 5.36. The number of anilines is 2. The molecule has 0 atom stereocenters. The first-order chi connectivity index (χ1) is 14.6. The second-order valence-corrected chi connectivity index (χ2v) is 8.14. The number of benzene rings is 1. The van der Waals surface area contributed by atoms with Gasteiger partial charge in [0.25, 0.3) is 5.91 Å². The van der Waals surface area contributed by atoms with Gasteiger partial charge in [-0.25, -0.2) is 4.98 Å². The van der Waals surface area contributed by atoms with Gasteiger partial charge in [0, 0.05) is 38.1 Å². The Morgan fingerprint density at radius 2 is 1.83 bits per heavy atom. The Labute approximate surface area is 184 Å². The van der Waals surface area contributed by atoms with E-state index in [-0.39, 0.29) is 11.0 Å². The molecule has 2 heterocycles. The van der Waals surface area contributed by atoms with Crippen LogP contribution in [0.3, 0.4) is 0 Å². The van der Waals surface area contributed by atoms with Gasteiger partial charge in [-0.05, 0) is 61.9 Å². The Kier molecular flexibility index (Phi) is 8.16. The summed E-state index contributed by atoms with van der Waals surface area (Å²) in [5.74, 6) is 0.466. The van der Waals surface area contributed by atoms with E-state index in [0.29, 0.717) is 11.4 Å². The van der Waals surface area contributed by atoms with Crippen molar-refractivity contribution in [2.75, 3.05) is 43.4 Å². The standard InChI is InChI=1S/C23H31N5OS/c1-3-4-5-7-18-9-11-19(12-10-18)25-23(30)26-22(29)20-8-6-13-24-21(20)28-16-14-27(2)15-17-28/h6,8-13H,3-5,7,14-17H2,1-2H3,(H2,25,26,29,30). The number of pyridine rings is 1. The van der Waals surface area contributed by atoms with E-state index < -0.39 is 0 Å². The van der Waals surface area contributed by atoms with Gasteiger partial charge < -0.3 is 15.1 Å². The lowest BCUT2D eigenvalue weighted by Gasteiger charge is -2.34. The third-order valence-corrected chi connectivity index (χ3v) is 5.55. The van der Waals surface area contributed by atoms with E-state index in [0.717, 1.165) is 38.3 Å². The number of rotatable bonds is 7. The lowest BCUT2D eigenvalue weighted by atomic mass is 10.1. The molecule has 6 nitrogen and oxygen atoms in total. The molecular formula is C23H31N5OS. The average Bonchev–Trinajstić information content (AvgIpc) is 2.75. The van der Waals surface area contributed by atoms with Crippen molar-refractivity contribution >= 4 is 34.7 Å². The van der Waals surface area contributed by atoms with E-state index in [9.17, 15) is 4.79 Å². The van der Waals surface area contributed by atoms with Gasteiger partial charge in [-0.2, -0.15) is 0 Å². The number of nitrogens with one attached hydrogen (secondary N) is 2. The van der Waals surface area contributed by atoms with Crippen LogP contribution in [-0.4, -0.2) is 54.1 Å². The molecule has 1 amide bonds. The van der Waals surface area contributed by atoms with Crippen molar-refractivity contribution in [2.45, 2.75) is 32.6 Å². The first-order valence-corrected chi connectivity index (χ1v) is 11.1. The van der Waals surface area contributed by atoms with Crippen LogP contribution >= 0.6 is 12.2 Å². The van der Waals surface area contributed by atoms with E-state index in [1.807, 2.05) is 12.1 Å². The largest absolute Gasteiger partial charge is 0.353 e. The first-order valence-electron chi connectivity index (χ1n) is 10.7. The van der Waals surface area contributed by atoms with Crippen LogP contribution in [-0.2, 0) is 6.42 Å². The smallest absolute Gasteiger partial charge is 0.261 e. The molecular weight excluding hydrogens is 394 g/mol. The Hall–Kier alpha value is -2.51. The third-order valence-electron chi connectivity index (χ3n) is 5.34. The number of piperazine rings is 1. The summed E-state index contributed by atoms with van der Waals surface area (Å²) in [5, 5.41) is 6.18. The van der Waals surface area contributed by atoms with Crippen molar-refractivity contribution in [2.24, 2.45) is 0 Å². The van der Waals surface area contributed by atoms with Crippen LogP contribution < -0.4 is 15.5 Å². The molecule has 160 valence electrons. The number of aryl methyl sites for hydroxylation is 1. The van der Waals surface area contributed by atoms with Gasteiger partial charge >= 0.3 is 0 Å². The number of nitrogens with zero attached hydrogens (tertiary/aromatic N) is 3. The molecule has 1 aliphatic heterocycles. The molecule has 2 N–H and O–H groups in total. The summed E-state index contributed by atoms with van der Waals surface area (Å²) in [4.78, 5) is 21.7. The molecule has 3 rings (SSSR count). The molecule has 1 aromatic carbocycles. The van der Waals surface area contributed by atoms with Crippen LogP contribution in [0.2, 0.25) is 0 Å². The predicted octanol–water partition coefficient (Wildman–Crippen LogP) is 3.69. The molecule has 7 heteroatoms. The number of hydrogen-bond donors (Lipinski definition) is 2. The molecule has 2 aromatic rings. The van der Waals surface area contributed by atoms with E-state index >= 15 is 0 Å². The number of thiocarbonyl (C=S) groups is 1. The van der Waals surface area contributed by atoms with Crippen LogP contribution in [0, 0.1) is 0 Å². The second-order valence-electron chi connectivity index (χ2n) is 7.73. The summed E-state index contributed by atoms with van der Waals surface area (Å²) in [5.41, 5.74) is 2.72. The summed E-state index contributed by atoms with van der Waals surface area (Å²) in [7, 11) is 2.10. The zero-order valence-corrected chi connectivity index (χ0v) is 18.7. The third kappa shape index (κ3) is 6.24. The zero-order valence-electron chi connectivity index (χ0n) is 17.9. The van der Waals surface area contributed by atoms with Gasteiger partial charge in [-0.3, -0.25) is 10.1 Å². The van der Waals surface area contributed by atoms with E-state index in [1.165, 1.54) is 24.8 Å². The zero-order chi connectivity index (χ0) is 21.3. The average molecular weight is 426 g/mol. The molecule has 0 saturated carbocycles. The Morgan fingerprint density at radius 3 is 2.53 bits per heavy atom. The summed E-state index contributed by atoms with van der Waals surface area (Å²) in [6, 6.07) is 11.8. The number of hydrogen-bond acceptors (Lipinski definition) is 5. The number of likely N-dealkylation sites (N-methyl/N-ethyl adjacent to an activating group) is 1. The van der Waals surface area contributed by atoms with Crippen LogP contribution in [0.4, 0.5) is 11.5 Å². The fourth-order valence-corrected chi connectivity index (χ4v) is 3.72. The normalized spacial score (nSPS) is 14.4. The highest BCUT2D eigenvalue weighted by molar-refractivity contribution is 7.80. The van der Waals surface area contributed by atoms with Crippen molar-refractivity contribution in [3.05, 3.63) is 53.7 Å². The van der Waals surface area contributed by atoms with Gasteiger partial charge in [0.05, 0.1) is 5.56 Å². The fourth-order valence-electron chi connectivity index (χ4n) is 3.51. The quantitative estimate of drug-likeness (QED) is 0.521. The minimum Gasteiger partial charge on any atom is -0.353 e. The van der Waals surface area contributed by atoms with Gasteiger partial charge in [0.1, 0.15) is 5.82 Å². The van der Waals surface area contributed by atoms with Gasteiger partial charge in [0.15, 0.2) is 5.11 Å². The van der Waals surface area contributed by atoms with Crippen LogP contribution in [0.5, 0.6) is 0 Å². The molecule has 1 aliphatic rings. The Bertz CT molecular complexity index is 847. The number of amides is 1. The predicted molar refractivity (Wildman–Crippen MR) is 127 cm³/mol. The number of carbonyl (C=O) groups excluding carboxylic acids is 1. The number of unbranched alkanes of at least 4 members (excludes halogenated alkanes) is 2. The number of aromatic nitrogens is 1. The van der Waals surface area contributed by atoms with Gasteiger partial charge in [-0.1, -0.05) is 31.9 Å². The highest BCUT2D eigenvalue weighted by Gasteiger charge is 2.21. The molecule has 1 saturated heterocycles. The van der Waals surface area contributed by atoms with E-state index in [1.54, 1.807) is 18.3 Å². The monoisotopic (exact) mass is 425 g/mol. The van der Waals surface area contributed by atoms with Gasteiger partial charge in [0.2, 0.25) is 0 Å². The summed E-state index contributed by atoms with van der Waals surface area (Å²) < 4.78 is 0. The maximum Gasteiger partial charge on any atom is 0.261 e. The molecule has 0 radical (unpaired) electrons. The van der Waals surface area contributed by atoms with Gasteiger partial charge in [-0.15, -0.1) is 0 Å². The van der Waals surface area contributed by atoms with Crippen LogP contribution in [0.1, 0.15) is 42.1 Å². The maximum absolute atomic E-state index is 12.9. The van der Waals surface area contributed by atoms with Crippen molar-refractivity contribution in [3.8, 4) is 0 Å². The highest BCUT2D eigenvalue weighted by atomic mass is 32.1. The SMILES string of the molecule is CCCCCc1ccc(NC(=S)NC(=O)c2cccnc2N2CCN(C)CC2)cc1.